The summed E-state index contributed by atoms with van der Waals surface area (Å²) in [4.78, 5) is 59.5. The van der Waals surface area contributed by atoms with Crippen LogP contribution in [0.4, 0.5) is 0 Å². The Morgan fingerprint density at radius 3 is 2.65 bits per heavy atom. The Labute approximate surface area is 151 Å². The number of aromatic nitrogens is 2. The van der Waals surface area contributed by atoms with E-state index in [2.05, 4.69) is 9.97 Å². The molecule has 0 aromatic carbocycles. The van der Waals surface area contributed by atoms with Crippen molar-refractivity contribution < 1.29 is 14.4 Å². The molecule has 0 bridgehead atoms. The minimum absolute atomic E-state index is 0.0666. The van der Waals surface area contributed by atoms with Gasteiger partial charge in [-0.2, -0.15) is 4.98 Å². The molecule has 9 heteroatoms. The van der Waals surface area contributed by atoms with Crippen molar-refractivity contribution in [2.24, 2.45) is 0 Å². The van der Waals surface area contributed by atoms with Crippen LogP contribution in [0.15, 0.2) is 4.79 Å². The van der Waals surface area contributed by atoms with Crippen molar-refractivity contribution in [1.82, 2.24) is 24.7 Å². The molecule has 9 nitrogen and oxygen atoms in total. The molecule has 26 heavy (non-hydrogen) atoms. The molecular formula is C17H23N5O4. The Hall–Kier alpha value is -2.71. The number of fused-ring (bicyclic) bond motifs is 1. The Kier molecular flexibility index (Phi) is 4.80. The largest absolute Gasteiger partial charge is 0.345 e. The van der Waals surface area contributed by atoms with E-state index in [0.29, 0.717) is 25.2 Å². The lowest BCUT2D eigenvalue weighted by Crippen LogP contribution is -2.66. The van der Waals surface area contributed by atoms with Crippen molar-refractivity contribution >= 4 is 17.7 Å². The number of H-pyrrole nitrogens is 1. The molecule has 3 rings (SSSR count). The van der Waals surface area contributed by atoms with E-state index in [1.54, 1.807) is 30.7 Å². The summed E-state index contributed by atoms with van der Waals surface area (Å²) in [5, 5.41) is 0. The van der Waals surface area contributed by atoms with E-state index >= 15 is 0 Å². The average molecular weight is 361 g/mol. The number of rotatable bonds is 3. The van der Waals surface area contributed by atoms with Crippen LogP contribution >= 0.6 is 0 Å². The maximum atomic E-state index is 12.6. The molecule has 1 N–H and O–H groups in total. The maximum absolute atomic E-state index is 12.6. The van der Waals surface area contributed by atoms with E-state index in [-0.39, 0.29) is 37.2 Å². The highest BCUT2D eigenvalue weighted by atomic mass is 16.2. The van der Waals surface area contributed by atoms with Crippen molar-refractivity contribution in [1.29, 1.82) is 0 Å². The second-order valence-corrected chi connectivity index (χ2v) is 6.87. The third kappa shape index (κ3) is 3.33. The van der Waals surface area contributed by atoms with E-state index in [1.165, 1.54) is 4.90 Å². The first kappa shape index (κ1) is 18.1. The minimum atomic E-state index is -0.586. The van der Waals surface area contributed by atoms with E-state index in [9.17, 15) is 19.2 Å². The Morgan fingerprint density at radius 2 is 1.96 bits per heavy atom. The van der Waals surface area contributed by atoms with Crippen molar-refractivity contribution in [2.75, 3.05) is 33.2 Å². The van der Waals surface area contributed by atoms with E-state index in [4.69, 9.17) is 0 Å². The number of likely N-dealkylation sites (N-methyl/N-ethyl adjacent to an activating group) is 1. The summed E-state index contributed by atoms with van der Waals surface area (Å²) in [6.45, 7) is 4.68. The molecule has 1 aromatic heterocycles. The van der Waals surface area contributed by atoms with E-state index in [0.717, 1.165) is 11.3 Å². The maximum Gasteiger partial charge on any atom is 0.345 e. The SMILES string of the molecule is Cc1nc(=O)[nH]c(C)c1CCC(=O)N1CCN2C(=O)CN(C)C(=O)[C@@H]2C1. The molecule has 0 unspecified atom stereocenters. The Morgan fingerprint density at radius 1 is 1.23 bits per heavy atom. The first-order valence-corrected chi connectivity index (χ1v) is 8.66. The summed E-state index contributed by atoms with van der Waals surface area (Å²) in [7, 11) is 1.60. The van der Waals surface area contributed by atoms with Gasteiger partial charge < -0.3 is 19.7 Å². The van der Waals surface area contributed by atoms with Gasteiger partial charge in [0.1, 0.15) is 6.04 Å². The zero-order chi connectivity index (χ0) is 19.0. The fraction of sp³-hybridized carbons (Fsp3) is 0.588. The summed E-state index contributed by atoms with van der Waals surface area (Å²) in [6.07, 6.45) is 0.734. The number of piperazine rings is 2. The first-order valence-electron chi connectivity index (χ1n) is 8.66. The summed E-state index contributed by atoms with van der Waals surface area (Å²) in [5.74, 6) is -0.267. The van der Waals surface area contributed by atoms with Gasteiger partial charge in [0.05, 0.1) is 13.1 Å². The average Bonchev–Trinajstić information content (AvgIpc) is 2.58. The van der Waals surface area contributed by atoms with Gasteiger partial charge in [0.15, 0.2) is 0 Å². The van der Waals surface area contributed by atoms with Crippen molar-refractivity contribution in [3.8, 4) is 0 Å². The number of hydrogen-bond donors (Lipinski definition) is 1. The highest BCUT2D eigenvalue weighted by Gasteiger charge is 2.42. The zero-order valence-electron chi connectivity index (χ0n) is 15.2. The highest BCUT2D eigenvalue weighted by molar-refractivity contribution is 5.95. The van der Waals surface area contributed by atoms with Crippen LogP contribution in [-0.4, -0.2) is 81.7 Å². The lowest BCUT2D eigenvalue weighted by atomic mass is 10.0. The van der Waals surface area contributed by atoms with Gasteiger partial charge in [-0.05, 0) is 25.8 Å². The fourth-order valence-electron chi connectivity index (χ4n) is 3.66. The molecule has 0 radical (unpaired) electrons. The highest BCUT2D eigenvalue weighted by Crippen LogP contribution is 2.18. The van der Waals surface area contributed by atoms with Crippen LogP contribution in [0, 0.1) is 13.8 Å². The summed E-state index contributed by atoms with van der Waals surface area (Å²) < 4.78 is 0. The van der Waals surface area contributed by atoms with Gasteiger partial charge in [-0.25, -0.2) is 4.79 Å². The van der Waals surface area contributed by atoms with Crippen LogP contribution in [0.3, 0.4) is 0 Å². The predicted molar refractivity (Wildman–Crippen MR) is 92.4 cm³/mol. The third-order valence-electron chi connectivity index (χ3n) is 5.13. The quantitative estimate of drug-likeness (QED) is 0.730. The second kappa shape index (κ2) is 6.89. The molecule has 2 saturated heterocycles. The molecular weight excluding hydrogens is 338 g/mol. The number of aromatic amines is 1. The van der Waals surface area contributed by atoms with Gasteiger partial charge in [0.25, 0.3) is 0 Å². The lowest BCUT2D eigenvalue weighted by molar-refractivity contribution is -0.160. The van der Waals surface area contributed by atoms with Crippen LogP contribution in [-0.2, 0) is 20.8 Å². The molecule has 2 aliphatic rings. The molecule has 0 aliphatic carbocycles. The van der Waals surface area contributed by atoms with Crippen LogP contribution in [0.2, 0.25) is 0 Å². The number of nitrogens with zero attached hydrogens (tertiary/aromatic N) is 4. The number of carbonyl (C=O) groups excluding carboxylic acids is 3. The fourth-order valence-corrected chi connectivity index (χ4v) is 3.66. The van der Waals surface area contributed by atoms with E-state index < -0.39 is 11.7 Å². The van der Waals surface area contributed by atoms with Crippen LogP contribution < -0.4 is 5.69 Å². The second-order valence-electron chi connectivity index (χ2n) is 6.87. The minimum Gasteiger partial charge on any atom is -0.338 e. The van der Waals surface area contributed by atoms with Gasteiger partial charge in [0.2, 0.25) is 17.7 Å². The van der Waals surface area contributed by atoms with Gasteiger partial charge in [-0.15, -0.1) is 0 Å². The Bertz CT molecular complexity index is 792. The van der Waals surface area contributed by atoms with Crippen molar-refractivity contribution in [3.05, 3.63) is 27.4 Å². The summed E-state index contributed by atoms with van der Waals surface area (Å²) >= 11 is 0. The van der Waals surface area contributed by atoms with Crippen molar-refractivity contribution in [2.45, 2.75) is 32.7 Å². The van der Waals surface area contributed by atoms with E-state index in [1.807, 2.05) is 0 Å². The normalized spacial score (nSPS) is 20.4. The zero-order valence-corrected chi connectivity index (χ0v) is 15.2. The molecule has 3 heterocycles. The smallest absolute Gasteiger partial charge is 0.338 e. The number of carbonyl (C=O) groups is 3. The molecule has 0 saturated carbocycles. The molecule has 2 aliphatic heterocycles. The molecule has 1 aromatic rings. The summed E-state index contributed by atoms with van der Waals surface area (Å²) in [6, 6.07) is -0.586. The third-order valence-corrected chi connectivity index (χ3v) is 5.13. The van der Waals surface area contributed by atoms with Crippen LogP contribution in [0.25, 0.3) is 0 Å². The topological polar surface area (TPSA) is 107 Å². The van der Waals surface area contributed by atoms with Crippen LogP contribution in [0.1, 0.15) is 23.4 Å². The number of amides is 3. The monoisotopic (exact) mass is 361 g/mol. The Balaban J connectivity index is 1.65. The van der Waals surface area contributed by atoms with Gasteiger partial charge in [0, 0.05) is 37.9 Å². The standard InChI is InChI=1S/C17H23N5O4/c1-10-12(11(2)19-17(26)18-10)4-5-14(23)21-6-7-22-13(8-21)16(25)20(3)9-15(22)24/h13H,4-9H2,1-3H3,(H,18,19,26)/t13-/m0/s1. The number of nitrogens with one attached hydrogen (secondary N) is 1. The van der Waals surface area contributed by atoms with Crippen molar-refractivity contribution in [3.63, 3.8) is 0 Å². The summed E-state index contributed by atoms with van der Waals surface area (Å²) in [5.41, 5.74) is 1.81. The molecule has 3 amide bonds. The van der Waals surface area contributed by atoms with Gasteiger partial charge in [-0.3, -0.25) is 14.4 Å². The predicted octanol–water partition coefficient (Wildman–Crippen LogP) is -1.17. The lowest BCUT2D eigenvalue weighted by Gasteiger charge is -2.45. The first-order chi connectivity index (χ1) is 12.3. The molecule has 0 spiro atoms. The molecule has 2 fully saturated rings. The molecule has 1 atom stereocenters. The van der Waals surface area contributed by atoms with Crippen LogP contribution in [0.5, 0.6) is 0 Å². The molecule has 140 valence electrons. The number of hydrogen-bond acceptors (Lipinski definition) is 5. The number of aryl methyl sites for hydroxylation is 2. The van der Waals surface area contributed by atoms with Gasteiger partial charge in [-0.1, -0.05) is 0 Å². The van der Waals surface area contributed by atoms with Gasteiger partial charge >= 0.3 is 5.69 Å².